The summed E-state index contributed by atoms with van der Waals surface area (Å²) in [7, 11) is -2.12. The van der Waals surface area contributed by atoms with Crippen molar-refractivity contribution in [3.05, 3.63) is 65.4 Å². The summed E-state index contributed by atoms with van der Waals surface area (Å²) in [5.74, 6) is 0.00260. The van der Waals surface area contributed by atoms with Crippen LogP contribution >= 0.6 is 11.3 Å². The van der Waals surface area contributed by atoms with Crippen molar-refractivity contribution in [2.75, 3.05) is 33.3 Å². The number of hydrogen-bond acceptors (Lipinski definition) is 6. The number of piperazine rings is 1. The Labute approximate surface area is 183 Å². The molecule has 3 aromatic rings. The highest BCUT2D eigenvalue weighted by Crippen LogP contribution is 2.25. The van der Waals surface area contributed by atoms with E-state index < -0.39 is 10.0 Å². The number of amides is 1. The fraction of sp³-hybridized carbons (Fsp3) is 0.238. The van der Waals surface area contributed by atoms with Crippen LogP contribution in [0.1, 0.15) is 10.5 Å². The number of hydrogen-bond donors (Lipinski definition) is 0. The van der Waals surface area contributed by atoms with Crippen molar-refractivity contribution in [1.82, 2.24) is 14.2 Å². The van der Waals surface area contributed by atoms with Crippen LogP contribution in [-0.4, -0.2) is 61.8 Å². The normalized spacial score (nSPS) is 15.1. The van der Waals surface area contributed by atoms with E-state index in [4.69, 9.17) is 4.74 Å². The van der Waals surface area contributed by atoms with E-state index in [0.717, 1.165) is 5.56 Å². The molecule has 0 atom stereocenters. The summed E-state index contributed by atoms with van der Waals surface area (Å²) < 4.78 is 45.3. The van der Waals surface area contributed by atoms with Crippen molar-refractivity contribution in [1.29, 1.82) is 0 Å². The predicted molar refractivity (Wildman–Crippen MR) is 115 cm³/mol. The van der Waals surface area contributed by atoms with Crippen LogP contribution in [-0.2, 0) is 10.0 Å². The number of methoxy groups -OCH3 is 1. The highest BCUT2D eigenvalue weighted by atomic mass is 32.2. The topological polar surface area (TPSA) is 79.8 Å². The van der Waals surface area contributed by atoms with E-state index in [-0.39, 0.29) is 42.8 Å². The molecule has 162 valence electrons. The number of carbonyl (C=O) groups excluding carboxylic acids is 1. The molecule has 0 spiro atoms. The van der Waals surface area contributed by atoms with Crippen molar-refractivity contribution >= 4 is 27.3 Å². The largest absolute Gasteiger partial charge is 0.497 e. The van der Waals surface area contributed by atoms with Crippen molar-refractivity contribution in [2.24, 2.45) is 0 Å². The Morgan fingerprint density at radius 1 is 1.03 bits per heavy atom. The molecule has 7 nitrogen and oxygen atoms in total. The maximum absolute atomic E-state index is 13.1. The Morgan fingerprint density at radius 3 is 2.29 bits per heavy atom. The summed E-state index contributed by atoms with van der Waals surface area (Å²) in [4.78, 5) is 19.0. The summed E-state index contributed by atoms with van der Waals surface area (Å²) in [6, 6.07) is 12.2. The average molecular weight is 462 g/mol. The molecule has 1 aromatic heterocycles. The molecule has 2 heterocycles. The third-order valence-corrected chi connectivity index (χ3v) is 7.84. The van der Waals surface area contributed by atoms with Crippen LogP contribution in [0.4, 0.5) is 4.39 Å². The van der Waals surface area contributed by atoms with Crippen molar-refractivity contribution < 1.29 is 22.3 Å². The number of aromatic nitrogens is 1. The molecule has 0 bridgehead atoms. The summed E-state index contributed by atoms with van der Waals surface area (Å²) in [5.41, 5.74) is 1.04. The Bertz CT molecular complexity index is 1170. The molecule has 1 saturated heterocycles. The van der Waals surface area contributed by atoms with Gasteiger partial charge in [-0.05, 0) is 48.5 Å². The van der Waals surface area contributed by atoms with E-state index in [9.17, 15) is 17.6 Å². The highest BCUT2D eigenvalue weighted by Gasteiger charge is 2.31. The molecule has 0 N–H and O–H groups in total. The molecule has 0 saturated carbocycles. The number of thiazole rings is 1. The SMILES string of the molecule is COc1ccc(S(=O)(=O)N2CCN(C(=O)c3csc(-c4ccc(F)cc4)n3)CC2)cc1. The second kappa shape index (κ2) is 8.74. The van der Waals surface area contributed by atoms with Crippen LogP contribution in [0, 0.1) is 5.82 Å². The molecule has 31 heavy (non-hydrogen) atoms. The van der Waals surface area contributed by atoms with Gasteiger partial charge in [-0.3, -0.25) is 4.79 Å². The van der Waals surface area contributed by atoms with Crippen LogP contribution in [0.3, 0.4) is 0 Å². The number of halogens is 1. The van der Waals surface area contributed by atoms with Gasteiger partial charge in [0.15, 0.2) is 0 Å². The van der Waals surface area contributed by atoms with Gasteiger partial charge < -0.3 is 9.64 Å². The molecule has 1 amide bonds. The first-order valence-corrected chi connectivity index (χ1v) is 11.9. The lowest BCUT2D eigenvalue weighted by Crippen LogP contribution is -2.50. The molecule has 0 unspecified atom stereocenters. The fourth-order valence-electron chi connectivity index (χ4n) is 3.29. The quantitative estimate of drug-likeness (QED) is 0.583. The molecule has 0 radical (unpaired) electrons. The summed E-state index contributed by atoms with van der Waals surface area (Å²) in [6.07, 6.45) is 0. The second-order valence-electron chi connectivity index (χ2n) is 6.92. The Kier molecular flexibility index (Phi) is 6.03. The number of sulfonamides is 1. The molecule has 2 aromatic carbocycles. The van der Waals surface area contributed by atoms with Gasteiger partial charge in [0, 0.05) is 37.1 Å². The molecule has 10 heteroatoms. The molecule has 0 aliphatic carbocycles. The smallest absolute Gasteiger partial charge is 0.273 e. The van der Waals surface area contributed by atoms with E-state index >= 15 is 0 Å². The van der Waals surface area contributed by atoms with Crippen LogP contribution in [0.2, 0.25) is 0 Å². The zero-order chi connectivity index (χ0) is 22.0. The Hall–Kier alpha value is -2.82. The number of benzene rings is 2. The Balaban J connectivity index is 1.41. The second-order valence-corrected chi connectivity index (χ2v) is 9.71. The Morgan fingerprint density at radius 2 is 1.68 bits per heavy atom. The van der Waals surface area contributed by atoms with Gasteiger partial charge in [0.2, 0.25) is 10.0 Å². The van der Waals surface area contributed by atoms with Crippen molar-refractivity contribution in [2.45, 2.75) is 4.90 Å². The maximum Gasteiger partial charge on any atom is 0.273 e. The zero-order valence-corrected chi connectivity index (χ0v) is 18.3. The van der Waals surface area contributed by atoms with Gasteiger partial charge >= 0.3 is 0 Å². The van der Waals surface area contributed by atoms with Gasteiger partial charge in [0.1, 0.15) is 22.3 Å². The first-order valence-electron chi connectivity index (χ1n) is 9.53. The summed E-state index contributed by atoms with van der Waals surface area (Å²) >= 11 is 1.31. The number of carbonyl (C=O) groups is 1. The van der Waals surface area contributed by atoms with E-state index in [1.807, 2.05) is 0 Å². The van der Waals surface area contributed by atoms with E-state index in [1.54, 1.807) is 34.5 Å². The van der Waals surface area contributed by atoms with E-state index in [0.29, 0.717) is 16.5 Å². The standard InChI is InChI=1S/C21H20FN3O4S2/c1-29-17-6-8-18(9-7-17)31(27,28)25-12-10-24(11-13-25)21(26)19-14-30-20(23-19)15-2-4-16(22)5-3-15/h2-9,14H,10-13H2,1H3. The predicted octanol–water partition coefficient (Wildman–Crippen LogP) is 3.10. The van der Waals surface area contributed by atoms with Crippen LogP contribution in [0.5, 0.6) is 5.75 Å². The lowest BCUT2D eigenvalue weighted by atomic mass is 10.2. The van der Waals surface area contributed by atoms with E-state index in [1.165, 1.54) is 47.0 Å². The first kappa shape index (κ1) is 21.4. The zero-order valence-electron chi connectivity index (χ0n) is 16.7. The van der Waals surface area contributed by atoms with Gasteiger partial charge in [-0.25, -0.2) is 17.8 Å². The van der Waals surface area contributed by atoms with Crippen LogP contribution in [0.15, 0.2) is 58.8 Å². The maximum atomic E-state index is 13.1. The van der Waals surface area contributed by atoms with Crippen molar-refractivity contribution in [3.63, 3.8) is 0 Å². The van der Waals surface area contributed by atoms with Gasteiger partial charge in [-0.1, -0.05) is 0 Å². The van der Waals surface area contributed by atoms with Gasteiger partial charge in [0.05, 0.1) is 12.0 Å². The molecule has 1 aliphatic rings. The first-order chi connectivity index (χ1) is 14.9. The third kappa shape index (κ3) is 4.46. The number of rotatable bonds is 5. The summed E-state index contributed by atoms with van der Waals surface area (Å²) in [5, 5.41) is 2.30. The molecule has 4 rings (SSSR count). The summed E-state index contributed by atoms with van der Waals surface area (Å²) in [6.45, 7) is 0.958. The molecular weight excluding hydrogens is 441 g/mol. The van der Waals surface area contributed by atoms with Gasteiger partial charge in [-0.2, -0.15) is 4.31 Å². The number of ether oxygens (including phenoxy) is 1. The lowest BCUT2D eigenvalue weighted by molar-refractivity contribution is 0.0693. The van der Waals surface area contributed by atoms with E-state index in [2.05, 4.69) is 4.98 Å². The monoisotopic (exact) mass is 461 g/mol. The molecule has 1 aliphatic heterocycles. The average Bonchev–Trinajstić information content (AvgIpc) is 3.29. The highest BCUT2D eigenvalue weighted by molar-refractivity contribution is 7.89. The minimum absolute atomic E-state index is 0.191. The third-order valence-electron chi connectivity index (χ3n) is 5.04. The molecule has 1 fully saturated rings. The minimum Gasteiger partial charge on any atom is -0.497 e. The van der Waals surface area contributed by atoms with Gasteiger partial charge in [-0.15, -0.1) is 11.3 Å². The van der Waals surface area contributed by atoms with Gasteiger partial charge in [0.25, 0.3) is 5.91 Å². The lowest BCUT2D eigenvalue weighted by Gasteiger charge is -2.33. The van der Waals surface area contributed by atoms with Crippen LogP contribution in [0.25, 0.3) is 10.6 Å². The molecular formula is C21H20FN3O4S2. The fourth-order valence-corrected chi connectivity index (χ4v) is 5.51. The number of nitrogens with zero attached hydrogens (tertiary/aromatic N) is 3. The van der Waals surface area contributed by atoms with Crippen LogP contribution < -0.4 is 4.74 Å². The minimum atomic E-state index is -3.64. The van der Waals surface area contributed by atoms with Crippen molar-refractivity contribution in [3.8, 4) is 16.3 Å².